The molecule has 100 valence electrons. The van der Waals surface area contributed by atoms with Crippen LogP contribution in [-0.2, 0) is 9.59 Å². The number of rotatable bonds is 3. The Morgan fingerprint density at radius 2 is 1.89 bits per heavy atom. The fourth-order valence-electron chi connectivity index (χ4n) is 3.19. The van der Waals surface area contributed by atoms with Crippen LogP contribution < -0.4 is 5.32 Å². The van der Waals surface area contributed by atoms with Crippen molar-refractivity contribution in [1.29, 1.82) is 0 Å². The topological polar surface area (TPSA) is 49.4 Å². The molecule has 4 heteroatoms. The van der Waals surface area contributed by atoms with Crippen LogP contribution in [0.2, 0.25) is 0 Å². The van der Waals surface area contributed by atoms with Crippen LogP contribution in [-0.4, -0.2) is 35.3 Å². The number of amides is 2. The molecule has 2 amide bonds. The molecule has 3 rings (SSSR count). The number of carbonyl (C=O) groups excluding carboxylic acids is 2. The van der Waals surface area contributed by atoms with Crippen molar-refractivity contribution in [2.45, 2.75) is 45.6 Å². The van der Waals surface area contributed by atoms with Gasteiger partial charge in [-0.05, 0) is 43.4 Å². The summed E-state index contributed by atoms with van der Waals surface area (Å²) in [7, 11) is 0. The van der Waals surface area contributed by atoms with Gasteiger partial charge < -0.3 is 10.2 Å². The second-order valence-corrected chi connectivity index (χ2v) is 7.10. The summed E-state index contributed by atoms with van der Waals surface area (Å²) in [5.41, 5.74) is -0.279. The van der Waals surface area contributed by atoms with Gasteiger partial charge in [-0.2, -0.15) is 0 Å². The lowest BCUT2D eigenvalue weighted by molar-refractivity contribution is -0.150. The molecule has 1 aliphatic heterocycles. The van der Waals surface area contributed by atoms with Crippen molar-refractivity contribution in [2.24, 2.45) is 17.3 Å². The van der Waals surface area contributed by atoms with E-state index in [4.69, 9.17) is 0 Å². The van der Waals surface area contributed by atoms with Gasteiger partial charge in [0.25, 0.3) is 0 Å². The summed E-state index contributed by atoms with van der Waals surface area (Å²) in [5.74, 6) is 1.05. The maximum Gasteiger partial charge on any atom is 0.248 e. The Hall–Kier alpha value is -1.06. The van der Waals surface area contributed by atoms with Gasteiger partial charge in [-0.1, -0.05) is 13.8 Å². The van der Waals surface area contributed by atoms with Gasteiger partial charge >= 0.3 is 0 Å². The molecule has 2 unspecified atom stereocenters. The average Bonchev–Trinajstić information content (AvgIpc) is 3.12. The Morgan fingerprint density at radius 1 is 1.28 bits per heavy atom. The minimum absolute atomic E-state index is 0.00227. The summed E-state index contributed by atoms with van der Waals surface area (Å²) >= 11 is 0. The van der Waals surface area contributed by atoms with E-state index in [1.54, 1.807) is 4.90 Å². The molecule has 2 aliphatic carbocycles. The smallest absolute Gasteiger partial charge is 0.248 e. The molecule has 2 atom stereocenters. The Labute approximate surface area is 108 Å². The van der Waals surface area contributed by atoms with Crippen molar-refractivity contribution in [2.75, 3.05) is 13.1 Å². The molecule has 1 saturated heterocycles. The average molecular weight is 250 g/mol. The second-order valence-electron chi connectivity index (χ2n) is 7.10. The highest BCUT2D eigenvalue weighted by Gasteiger charge is 2.54. The largest absolute Gasteiger partial charge is 0.340 e. The van der Waals surface area contributed by atoms with Crippen LogP contribution in [0.4, 0.5) is 0 Å². The Bertz CT molecular complexity index is 414. The number of hydrogen-bond acceptors (Lipinski definition) is 2. The van der Waals surface area contributed by atoms with Crippen LogP contribution >= 0.6 is 0 Å². The monoisotopic (exact) mass is 250 g/mol. The molecular weight excluding hydrogens is 228 g/mol. The summed E-state index contributed by atoms with van der Waals surface area (Å²) in [6.07, 6.45) is 3.29. The lowest BCUT2D eigenvalue weighted by Crippen LogP contribution is -2.66. The lowest BCUT2D eigenvalue weighted by Gasteiger charge is -2.40. The molecule has 0 aromatic rings. The third-order valence-corrected chi connectivity index (χ3v) is 5.02. The summed E-state index contributed by atoms with van der Waals surface area (Å²) in [6, 6.07) is 0. The quantitative estimate of drug-likeness (QED) is 0.817. The van der Waals surface area contributed by atoms with Gasteiger partial charge in [-0.3, -0.25) is 9.59 Å². The first-order valence-electron chi connectivity index (χ1n) is 6.93. The van der Waals surface area contributed by atoms with Crippen LogP contribution in [0.25, 0.3) is 0 Å². The molecule has 0 aromatic heterocycles. The number of carbonyl (C=O) groups is 2. The first-order chi connectivity index (χ1) is 8.33. The normalized spacial score (nSPS) is 38.6. The molecule has 0 bridgehead atoms. The zero-order valence-electron chi connectivity index (χ0n) is 11.5. The van der Waals surface area contributed by atoms with Gasteiger partial charge in [0.1, 0.15) is 5.54 Å². The van der Waals surface area contributed by atoms with E-state index >= 15 is 0 Å². The van der Waals surface area contributed by atoms with E-state index in [2.05, 4.69) is 19.2 Å². The summed E-state index contributed by atoms with van der Waals surface area (Å²) in [4.78, 5) is 26.2. The number of nitrogens with zero attached hydrogens (tertiary/aromatic N) is 1. The number of nitrogens with one attached hydrogen (secondary N) is 1. The molecule has 2 saturated carbocycles. The number of piperazine rings is 1. The van der Waals surface area contributed by atoms with Crippen LogP contribution in [0.5, 0.6) is 0 Å². The van der Waals surface area contributed by atoms with Gasteiger partial charge in [-0.25, -0.2) is 0 Å². The molecular formula is C14H22N2O2. The molecule has 4 nitrogen and oxygen atoms in total. The molecule has 3 aliphatic rings. The van der Waals surface area contributed by atoms with Crippen LogP contribution in [0, 0.1) is 17.3 Å². The molecule has 3 fully saturated rings. The van der Waals surface area contributed by atoms with E-state index in [1.807, 2.05) is 6.92 Å². The summed E-state index contributed by atoms with van der Waals surface area (Å²) < 4.78 is 0. The fraction of sp³-hybridized carbons (Fsp3) is 0.857. The minimum Gasteiger partial charge on any atom is -0.340 e. The van der Waals surface area contributed by atoms with Crippen LogP contribution in [0.1, 0.15) is 40.0 Å². The van der Waals surface area contributed by atoms with Gasteiger partial charge in [0, 0.05) is 6.54 Å². The number of hydrogen-bond donors (Lipinski definition) is 1. The molecule has 0 aromatic carbocycles. The minimum atomic E-state index is -0.631. The van der Waals surface area contributed by atoms with Crippen LogP contribution in [0.3, 0.4) is 0 Å². The van der Waals surface area contributed by atoms with E-state index in [9.17, 15) is 9.59 Å². The molecule has 1 heterocycles. The third kappa shape index (κ3) is 1.82. The van der Waals surface area contributed by atoms with E-state index in [1.165, 1.54) is 6.42 Å². The maximum absolute atomic E-state index is 12.6. The Kier molecular flexibility index (Phi) is 2.32. The van der Waals surface area contributed by atoms with Gasteiger partial charge in [-0.15, -0.1) is 0 Å². The van der Waals surface area contributed by atoms with Gasteiger partial charge in [0.15, 0.2) is 0 Å². The SMILES string of the molecule is CC1(C)CC1CN1CC(=O)NC(C)(C2CC2)C1=O. The van der Waals surface area contributed by atoms with Crippen molar-refractivity contribution in [3.63, 3.8) is 0 Å². The maximum atomic E-state index is 12.6. The molecule has 0 radical (unpaired) electrons. The van der Waals surface area contributed by atoms with Crippen molar-refractivity contribution >= 4 is 11.8 Å². The summed E-state index contributed by atoms with van der Waals surface area (Å²) in [6.45, 7) is 7.35. The Balaban J connectivity index is 1.73. The first kappa shape index (κ1) is 12.0. The van der Waals surface area contributed by atoms with Gasteiger partial charge in [0.2, 0.25) is 11.8 Å². The highest BCUT2D eigenvalue weighted by molar-refractivity contribution is 5.98. The zero-order chi connectivity index (χ0) is 13.1. The first-order valence-corrected chi connectivity index (χ1v) is 6.93. The Morgan fingerprint density at radius 3 is 2.39 bits per heavy atom. The van der Waals surface area contributed by atoms with E-state index in [0.717, 1.165) is 19.4 Å². The standard InChI is InChI=1S/C14H22N2O2/c1-13(2)6-10(13)7-16-8-11(17)15-14(3,12(16)18)9-4-5-9/h9-10H,4-8H2,1-3H3,(H,15,17). The molecule has 18 heavy (non-hydrogen) atoms. The van der Waals surface area contributed by atoms with E-state index in [-0.39, 0.29) is 18.4 Å². The second kappa shape index (κ2) is 3.49. The van der Waals surface area contributed by atoms with Crippen LogP contribution in [0.15, 0.2) is 0 Å². The van der Waals surface area contributed by atoms with E-state index < -0.39 is 5.54 Å². The fourth-order valence-corrected chi connectivity index (χ4v) is 3.19. The van der Waals surface area contributed by atoms with Crippen molar-refractivity contribution in [3.8, 4) is 0 Å². The third-order valence-electron chi connectivity index (χ3n) is 5.02. The zero-order valence-corrected chi connectivity index (χ0v) is 11.5. The van der Waals surface area contributed by atoms with Crippen molar-refractivity contribution in [1.82, 2.24) is 10.2 Å². The highest BCUT2D eigenvalue weighted by Crippen LogP contribution is 2.52. The van der Waals surface area contributed by atoms with Gasteiger partial charge in [0.05, 0.1) is 6.54 Å². The predicted octanol–water partition coefficient (Wildman–Crippen LogP) is 1.16. The highest BCUT2D eigenvalue weighted by atomic mass is 16.2. The van der Waals surface area contributed by atoms with E-state index in [0.29, 0.717) is 17.3 Å². The summed E-state index contributed by atoms with van der Waals surface area (Å²) in [5, 5.41) is 2.92. The van der Waals surface area contributed by atoms with Crippen molar-refractivity contribution in [3.05, 3.63) is 0 Å². The lowest BCUT2D eigenvalue weighted by atomic mass is 9.91. The predicted molar refractivity (Wildman–Crippen MR) is 67.7 cm³/mol. The molecule has 1 N–H and O–H groups in total. The van der Waals surface area contributed by atoms with Crippen molar-refractivity contribution < 1.29 is 9.59 Å². The molecule has 0 spiro atoms.